The number of para-hydroxylation sites is 1. The molecule has 0 radical (unpaired) electrons. The Morgan fingerprint density at radius 3 is 2.63 bits per heavy atom. The lowest BCUT2D eigenvalue weighted by molar-refractivity contribution is -0.385. The van der Waals surface area contributed by atoms with E-state index in [1.807, 2.05) is 13.8 Å². The van der Waals surface area contributed by atoms with E-state index in [-0.39, 0.29) is 23.2 Å². The maximum absolute atomic E-state index is 12.0. The minimum atomic E-state index is -0.535. The van der Waals surface area contributed by atoms with Gasteiger partial charge in [-0.05, 0) is 18.9 Å². The Kier molecular flexibility index (Phi) is 5.00. The Balaban J connectivity index is 2.89. The maximum atomic E-state index is 12.0. The van der Waals surface area contributed by atoms with Crippen LogP contribution in [0.3, 0.4) is 0 Å². The number of nitrogens with zero attached hydrogens (tertiary/aromatic N) is 1. The minimum Gasteiger partial charge on any atom is -0.350 e. The third-order valence-corrected chi connectivity index (χ3v) is 3.02. The number of nitrogens with one attached hydrogen (secondary N) is 1. The largest absolute Gasteiger partial charge is 0.350 e. The van der Waals surface area contributed by atoms with Crippen molar-refractivity contribution in [3.05, 3.63) is 39.4 Å². The smallest absolute Gasteiger partial charge is 0.285 e. The van der Waals surface area contributed by atoms with Gasteiger partial charge < -0.3 is 11.1 Å². The maximum Gasteiger partial charge on any atom is 0.285 e. The van der Waals surface area contributed by atoms with Crippen molar-refractivity contribution in [2.24, 2.45) is 11.7 Å². The van der Waals surface area contributed by atoms with Gasteiger partial charge in [0, 0.05) is 18.2 Å². The molecule has 0 aromatic heterocycles. The molecule has 0 aliphatic heterocycles. The summed E-state index contributed by atoms with van der Waals surface area (Å²) in [5.74, 6) is -0.237. The molecule has 6 heteroatoms. The standard InChI is InChI=1S/C13H19N3O3/c1-8(2)11(14)7-15-13(17)10-6-4-5-9(3)12(10)16(18)19/h4-6,8,11H,7,14H2,1-3H3,(H,15,17). The first kappa shape index (κ1) is 15.1. The van der Waals surface area contributed by atoms with E-state index in [2.05, 4.69) is 5.32 Å². The summed E-state index contributed by atoms with van der Waals surface area (Å²) in [5, 5.41) is 13.6. The number of nitro groups is 1. The molecule has 0 aliphatic carbocycles. The number of aryl methyl sites for hydroxylation is 1. The average Bonchev–Trinajstić information content (AvgIpc) is 2.34. The van der Waals surface area contributed by atoms with Crippen molar-refractivity contribution in [3.63, 3.8) is 0 Å². The molecule has 1 unspecified atom stereocenters. The van der Waals surface area contributed by atoms with Crippen molar-refractivity contribution in [2.75, 3.05) is 6.54 Å². The molecule has 0 spiro atoms. The molecule has 19 heavy (non-hydrogen) atoms. The number of carbonyl (C=O) groups excluding carboxylic acids is 1. The number of carbonyl (C=O) groups is 1. The van der Waals surface area contributed by atoms with E-state index >= 15 is 0 Å². The van der Waals surface area contributed by atoms with E-state index in [0.717, 1.165) is 0 Å². The predicted octanol–water partition coefficient (Wildman–Crippen LogP) is 1.62. The predicted molar refractivity (Wildman–Crippen MR) is 73.0 cm³/mol. The summed E-state index contributed by atoms with van der Waals surface area (Å²) in [6.45, 7) is 5.80. The number of benzene rings is 1. The monoisotopic (exact) mass is 265 g/mol. The number of amides is 1. The topological polar surface area (TPSA) is 98.3 Å². The van der Waals surface area contributed by atoms with Crippen LogP contribution in [0.2, 0.25) is 0 Å². The molecule has 0 bridgehead atoms. The quantitative estimate of drug-likeness (QED) is 0.624. The SMILES string of the molecule is Cc1cccc(C(=O)NCC(N)C(C)C)c1[N+](=O)[O-]. The molecule has 0 fully saturated rings. The van der Waals surface area contributed by atoms with Crippen LogP contribution in [0.1, 0.15) is 29.8 Å². The first-order chi connectivity index (χ1) is 8.84. The van der Waals surface area contributed by atoms with Gasteiger partial charge in [0.1, 0.15) is 5.56 Å². The Morgan fingerprint density at radius 1 is 1.47 bits per heavy atom. The van der Waals surface area contributed by atoms with Gasteiger partial charge in [0.25, 0.3) is 11.6 Å². The fraction of sp³-hybridized carbons (Fsp3) is 0.462. The Hall–Kier alpha value is -1.95. The van der Waals surface area contributed by atoms with E-state index in [9.17, 15) is 14.9 Å². The summed E-state index contributed by atoms with van der Waals surface area (Å²) >= 11 is 0. The Morgan fingerprint density at radius 2 is 2.11 bits per heavy atom. The van der Waals surface area contributed by atoms with Crippen LogP contribution in [-0.2, 0) is 0 Å². The van der Waals surface area contributed by atoms with Crippen LogP contribution in [0.4, 0.5) is 5.69 Å². The van der Waals surface area contributed by atoms with Gasteiger partial charge in [-0.25, -0.2) is 0 Å². The molecule has 1 aromatic rings. The molecule has 0 saturated carbocycles. The lowest BCUT2D eigenvalue weighted by atomic mass is 10.0. The molecule has 1 amide bonds. The number of rotatable bonds is 5. The van der Waals surface area contributed by atoms with Crippen LogP contribution in [0.5, 0.6) is 0 Å². The second-order valence-electron chi connectivity index (χ2n) is 4.85. The van der Waals surface area contributed by atoms with Crippen molar-refractivity contribution in [3.8, 4) is 0 Å². The summed E-state index contributed by atoms with van der Waals surface area (Å²) in [7, 11) is 0. The highest BCUT2D eigenvalue weighted by Gasteiger charge is 2.22. The molecule has 1 aromatic carbocycles. The first-order valence-electron chi connectivity index (χ1n) is 6.12. The van der Waals surface area contributed by atoms with Crippen LogP contribution < -0.4 is 11.1 Å². The van der Waals surface area contributed by atoms with Crippen LogP contribution in [0.25, 0.3) is 0 Å². The van der Waals surface area contributed by atoms with E-state index in [0.29, 0.717) is 12.1 Å². The van der Waals surface area contributed by atoms with Crippen molar-refractivity contribution in [2.45, 2.75) is 26.8 Å². The highest BCUT2D eigenvalue weighted by Crippen LogP contribution is 2.22. The van der Waals surface area contributed by atoms with Crippen LogP contribution >= 0.6 is 0 Å². The van der Waals surface area contributed by atoms with Gasteiger partial charge in [-0.3, -0.25) is 14.9 Å². The second kappa shape index (κ2) is 6.29. The normalized spacial score (nSPS) is 12.3. The number of nitrogens with two attached hydrogens (primary N) is 1. The third-order valence-electron chi connectivity index (χ3n) is 3.02. The summed E-state index contributed by atoms with van der Waals surface area (Å²) in [5.41, 5.74) is 6.20. The lowest BCUT2D eigenvalue weighted by Crippen LogP contribution is -2.40. The van der Waals surface area contributed by atoms with Crippen molar-refractivity contribution in [1.29, 1.82) is 0 Å². The van der Waals surface area contributed by atoms with Crippen LogP contribution in [0, 0.1) is 23.0 Å². The van der Waals surface area contributed by atoms with Crippen molar-refractivity contribution >= 4 is 11.6 Å². The Labute approximate surface area is 112 Å². The summed E-state index contributed by atoms with van der Waals surface area (Å²) in [6.07, 6.45) is 0. The lowest BCUT2D eigenvalue weighted by Gasteiger charge is -2.16. The molecule has 1 atom stereocenters. The molecule has 0 aliphatic rings. The van der Waals surface area contributed by atoms with E-state index in [1.165, 1.54) is 6.07 Å². The molecular formula is C13H19N3O3. The van der Waals surface area contributed by atoms with Crippen LogP contribution in [0.15, 0.2) is 18.2 Å². The average molecular weight is 265 g/mol. The van der Waals surface area contributed by atoms with Gasteiger partial charge in [-0.2, -0.15) is 0 Å². The summed E-state index contributed by atoms with van der Waals surface area (Å²) < 4.78 is 0. The summed E-state index contributed by atoms with van der Waals surface area (Å²) in [4.78, 5) is 22.4. The molecule has 6 nitrogen and oxygen atoms in total. The van der Waals surface area contributed by atoms with Gasteiger partial charge in [0.15, 0.2) is 0 Å². The van der Waals surface area contributed by atoms with E-state index in [1.54, 1.807) is 19.1 Å². The Bertz CT molecular complexity index is 486. The van der Waals surface area contributed by atoms with Crippen LogP contribution in [-0.4, -0.2) is 23.4 Å². The molecule has 0 heterocycles. The number of nitro benzene ring substituents is 1. The second-order valence-corrected chi connectivity index (χ2v) is 4.85. The molecular weight excluding hydrogens is 246 g/mol. The summed E-state index contributed by atoms with van der Waals surface area (Å²) in [6, 6.07) is 4.50. The highest BCUT2D eigenvalue weighted by atomic mass is 16.6. The van der Waals surface area contributed by atoms with Gasteiger partial charge >= 0.3 is 0 Å². The zero-order valence-electron chi connectivity index (χ0n) is 11.3. The molecule has 104 valence electrons. The number of hydrogen-bond acceptors (Lipinski definition) is 4. The van der Waals surface area contributed by atoms with Gasteiger partial charge in [0.2, 0.25) is 0 Å². The van der Waals surface area contributed by atoms with Gasteiger partial charge in [-0.1, -0.05) is 26.0 Å². The number of hydrogen-bond donors (Lipinski definition) is 2. The minimum absolute atomic E-state index is 0.0703. The van der Waals surface area contributed by atoms with Crippen molar-refractivity contribution in [1.82, 2.24) is 5.32 Å². The zero-order valence-corrected chi connectivity index (χ0v) is 11.3. The molecule has 3 N–H and O–H groups in total. The highest BCUT2D eigenvalue weighted by molar-refractivity contribution is 5.98. The van der Waals surface area contributed by atoms with Crippen molar-refractivity contribution < 1.29 is 9.72 Å². The fourth-order valence-corrected chi connectivity index (χ4v) is 1.63. The first-order valence-corrected chi connectivity index (χ1v) is 6.12. The molecule has 1 rings (SSSR count). The van der Waals surface area contributed by atoms with E-state index in [4.69, 9.17) is 5.73 Å². The zero-order chi connectivity index (χ0) is 14.6. The fourth-order valence-electron chi connectivity index (χ4n) is 1.63. The molecule has 0 saturated heterocycles. The van der Waals surface area contributed by atoms with Gasteiger partial charge in [-0.15, -0.1) is 0 Å². The van der Waals surface area contributed by atoms with E-state index < -0.39 is 10.8 Å². The van der Waals surface area contributed by atoms with Gasteiger partial charge in [0.05, 0.1) is 4.92 Å². The third kappa shape index (κ3) is 3.75.